The van der Waals surface area contributed by atoms with Crippen molar-refractivity contribution in [2.24, 2.45) is 0 Å². The lowest BCUT2D eigenvalue weighted by molar-refractivity contribution is -0.115. The van der Waals surface area contributed by atoms with Crippen molar-refractivity contribution in [2.75, 3.05) is 6.61 Å². The van der Waals surface area contributed by atoms with Gasteiger partial charge in [0.1, 0.15) is 0 Å². The summed E-state index contributed by atoms with van der Waals surface area (Å²) in [5.41, 5.74) is 0.723. The lowest BCUT2D eigenvalue weighted by Crippen LogP contribution is -2.00. The maximum absolute atomic E-state index is 11.3. The third-order valence-corrected chi connectivity index (χ3v) is 2.43. The van der Waals surface area contributed by atoms with Gasteiger partial charge in [-0.3, -0.25) is 4.79 Å². The second kappa shape index (κ2) is 6.53. The summed E-state index contributed by atoms with van der Waals surface area (Å²) in [6.45, 7) is 0.240. The fourth-order valence-corrected chi connectivity index (χ4v) is 1.59. The Hall–Kier alpha value is -0.930. The highest BCUT2D eigenvalue weighted by Crippen LogP contribution is 2.18. The first-order valence-electron chi connectivity index (χ1n) is 5.42. The highest BCUT2D eigenvalue weighted by Gasteiger charge is 2.20. The van der Waals surface area contributed by atoms with Crippen LogP contribution in [0.3, 0.4) is 0 Å². The number of aliphatic hydroxyl groups excluding tert-OH is 2. The predicted molar refractivity (Wildman–Crippen MR) is 58.4 cm³/mol. The van der Waals surface area contributed by atoms with Gasteiger partial charge in [-0.15, -0.1) is 0 Å². The number of rotatable bonds is 6. The smallest absolute Gasteiger partial charge is 0.161 e. The Balaban J connectivity index is 2.19. The van der Waals surface area contributed by atoms with E-state index in [4.69, 9.17) is 5.11 Å². The van der Waals surface area contributed by atoms with Gasteiger partial charge in [-0.05, 0) is 37.3 Å². The van der Waals surface area contributed by atoms with E-state index in [1.54, 1.807) is 6.08 Å². The zero-order valence-corrected chi connectivity index (χ0v) is 8.85. The van der Waals surface area contributed by atoms with E-state index in [1.165, 1.54) is 0 Å². The number of hydrogen-bond donors (Lipinski definition) is 2. The van der Waals surface area contributed by atoms with Crippen LogP contribution in [-0.2, 0) is 4.79 Å². The number of carbonyl (C=O) groups excluding carboxylic acids is 1. The Morgan fingerprint density at radius 1 is 1.40 bits per heavy atom. The number of carbonyl (C=O) groups is 1. The van der Waals surface area contributed by atoms with Gasteiger partial charge in [0, 0.05) is 13.0 Å². The second-order valence-corrected chi connectivity index (χ2v) is 3.78. The topological polar surface area (TPSA) is 57.5 Å². The van der Waals surface area contributed by atoms with Crippen LogP contribution in [0.1, 0.15) is 32.1 Å². The molecule has 15 heavy (non-hydrogen) atoms. The molecule has 1 aliphatic rings. The SMILES string of the molecule is O=C1CC(O)C=C1C/C=C\CCCCO. The van der Waals surface area contributed by atoms with Crippen LogP contribution in [-0.4, -0.2) is 28.7 Å². The molecule has 0 aliphatic heterocycles. The zero-order chi connectivity index (χ0) is 11.1. The first-order valence-corrected chi connectivity index (χ1v) is 5.42. The Morgan fingerprint density at radius 3 is 2.80 bits per heavy atom. The van der Waals surface area contributed by atoms with E-state index in [-0.39, 0.29) is 18.8 Å². The van der Waals surface area contributed by atoms with E-state index in [0.717, 1.165) is 24.8 Å². The van der Waals surface area contributed by atoms with E-state index in [1.807, 2.05) is 12.2 Å². The molecule has 84 valence electrons. The summed E-state index contributed by atoms with van der Waals surface area (Å²) in [6, 6.07) is 0. The average molecular weight is 210 g/mol. The Bertz CT molecular complexity index is 266. The molecule has 0 aromatic rings. The normalized spacial score (nSPS) is 21.3. The molecule has 3 nitrogen and oxygen atoms in total. The third kappa shape index (κ3) is 4.40. The minimum atomic E-state index is -0.574. The molecule has 0 aromatic carbocycles. The molecule has 0 aromatic heterocycles. The summed E-state index contributed by atoms with van der Waals surface area (Å²) in [7, 11) is 0. The van der Waals surface area contributed by atoms with E-state index < -0.39 is 6.10 Å². The van der Waals surface area contributed by atoms with E-state index in [2.05, 4.69) is 0 Å². The number of ketones is 1. The molecule has 1 unspecified atom stereocenters. The molecule has 1 atom stereocenters. The molecule has 0 saturated carbocycles. The molecular formula is C12H18O3. The summed E-state index contributed by atoms with van der Waals surface area (Å²) < 4.78 is 0. The first-order chi connectivity index (χ1) is 7.24. The number of allylic oxidation sites excluding steroid dienone is 3. The number of aliphatic hydroxyl groups is 2. The summed E-state index contributed by atoms with van der Waals surface area (Å²) in [6.07, 6.45) is 8.64. The quantitative estimate of drug-likeness (QED) is 0.514. The van der Waals surface area contributed by atoms with Gasteiger partial charge in [0.05, 0.1) is 6.10 Å². The highest BCUT2D eigenvalue weighted by molar-refractivity contribution is 5.98. The fourth-order valence-electron chi connectivity index (χ4n) is 1.59. The summed E-state index contributed by atoms with van der Waals surface area (Å²) in [5, 5.41) is 17.7. The average Bonchev–Trinajstić information content (AvgIpc) is 2.51. The molecule has 0 bridgehead atoms. The third-order valence-electron chi connectivity index (χ3n) is 2.43. The van der Waals surface area contributed by atoms with Crippen LogP contribution < -0.4 is 0 Å². The molecule has 1 aliphatic carbocycles. The highest BCUT2D eigenvalue weighted by atomic mass is 16.3. The van der Waals surface area contributed by atoms with Crippen molar-refractivity contribution < 1.29 is 15.0 Å². The van der Waals surface area contributed by atoms with Crippen molar-refractivity contribution >= 4 is 5.78 Å². The fraction of sp³-hybridized carbons (Fsp3) is 0.583. The Morgan fingerprint density at radius 2 is 2.20 bits per heavy atom. The molecule has 0 radical (unpaired) electrons. The largest absolute Gasteiger partial charge is 0.396 e. The minimum absolute atomic E-state index is 0.0579. The number of unbranched alkanes of at least 4 members (excludes halogenated alkanes) is 2. The van der Waals surface area contributed by atoms with Crippen LogP contribution in [0.5, 0.6) is 0 Å². The molecule has 3 heteroatoms. The van der Waals surface area contributed by atoms with Crippen LogP contribution in [0.15, 0.2) is 23.8 Å². The van der Waals surface area contributed by atoms with Gasteiger partial charge in [-0.25, -0.2) is 0 Å². The van der Waals surface area contributed by atoms with Gasteiger partial charge < -0.3 is 10.2 Å². The lowest BCUT2D eigenvalue weighted by atomic mass is 10.1. The van der Waals surface area contributed by atoms with Gasteiger partial charge in [-0.2, -0.15) is 0 Å². The van der Waals surface area contributed by atoms with Crippen molar-refractivity contribution in [3.63, 3.8) is 0 Å². The van der Waals surface area contributed by atoms with Crippen LogP contribution in [0.2, 0.25) is 0 Å². The van der Waals surface area contributed by atoms with Crippen molar-refractivity contribution in [2.45, 2.75) is 38.2 Å². The lowest BCUT2D eigenvalue weighted by Gasteiger charge is -1.94. The second-order valence-electron chi connectivity index (χ2n) is 3.78. The number of Topliss-reactive ketones (excluding diaryl/α,β-unsaturated/α-hetero) is 1. The molecule has 0 heterocycles. The molecular weight excluding hydrogens is 192 g/mol. The monoisotopic (exact) mass is 210 g/mol. The van der Waals surface area contributed by atoms with Gasteiger partial charge in [0.2, 0.25) is 0 Å². The molecule has 2 N–H and O–H groups in total. The van der Waals surface area contributed by atoms with Gasteiger partial charge in [0.15, 0.2) is 5.78 Å². The van der Waals surface area contributed by atoms with Crippen LogP contribution in [0, 0.1) is 0 Å². The van der Waals surface area contributed by atoms with Gasteiger partial charge in [0.25, 0.3) is 0 Å². The van der Waals surface area contributed by atoms with Gasteiger partial charge in [-0.1, -0.05) is 12.2 Å². The summed E-state index contributed by atoms with van der Waals surface area (Å²) in [4.78, 5) is 11.3. The van der Waals surface area contributed by atoms with Crippen LogP contribution in [0.4, 0.5) is 0 Å². The standard InChI is InChI=1S/C12H18O3/c13-7-5-3-1-2-4-6-10-8-11(14)9-12(10)15/h2,4,8,11,13-14H,1,3,5-7,9H2/b4-2-. The van der Waals surface area contributed by atoms with E-state index in [0.29, 0.717) is 6.42 Å². The molecule has 0 fully saturated rings. The Labute approximate surface area is 90.1 Å². The van der Waals surface area contributed by atoms with Crippen molar-refractivity contribution in [1.82, 2.24) is 0 Å². The predicted octanol–water partition coefficient (Wildman–Crippen LogP) is 1.36. The maximum Gasteiger partial charge on any atom is 0.161 e. The van der Waals surface area contributed by atoms with Crippen molar-refractivity contribution in [3.05, 3.63) is 23.8 Å². The first kappa shape index (κ1) is 12.1. The van der Waals surface area contributed by atoms with E-state index >= 15 is 0 Å². The van der Waals surface area contributed by atoms with Crippen molar-refractivity contribution in [3.8, 4) is 0 Å². The van der Waals surface area contributed by atoms with Gasteiger partial charge >= 0.3 is 0 Å². The molecule has 1 rings (SSSR count). The zero-order valence-electron chi connectivity index (χ0n) is 8.85. The van der Waals surface area contributed by atoms with Crippen LogP contribution in [0.25, 0.3) is 0 Å². The summed E-state index contributed by atoms with van der Waals surface area (Å²) >= 11 is 0. The van der Waals surface area contributed by atoms with Crippen molar-refractivity contribution in [1.29, 1.82) is 0 Å². The maximum atomic E-state index is 11.3. The summed E-state index contributed by atoms with van der Waals surface area (Å²) in [5.74, 6) is 0.0579. The Kier molecular flexibility index (Phi) is 5.29. The molecule has 0 spiro atoms. The molecule has 0 amide bonds. The van der Waals surface area contributed by atoms with Crippen LogP contribution >= 0.6 is 0 Å². The van der Waals surface area contributed by atoms with E-state index in [9.17, 15) is 9.90 Å². The number of hydrogen-bond acceptors (Lipinski definition) is 3. The molecule has 0 saturated heterocycles. The minimum Gasteiger partial charge on any atom is -0.396 e.